The van der Waals surface area contributed by atoms with Crippen molar-refractivity contribution in [1.82, 2.24) is 0 Å². The Morgan fingerprint density at radius 3 is 1.67 bits per heavy atom. The fourth-order valence-corrected chi connectivity index (χ4v) is 5.65. The number of rotatable bonds is 1. The second-order valence-electron chi connectivity index (χ2n) is 3.18. The van der Waals surface area contributed by atoms with Gasteiger partial charge in [-0.2, -0.15) is 0 Å². The molecule has 0 amide bonds. The van der Waals surface area contributed by atoms with E-state index >= 15 is 0 Å². The first-order valence-electron chi connectivity index (χ1n) is 3.77. The molecule has 0 spiro atoms. The minimum absolute atomic E-state index is 0.883. The molecule has 0 heterocycles. The summed E-state index contributed by atoms with van der Waals surface area (Å²) >= 11 is -3.10. The van der Waals surface area contributed by atoms with Gasteiger partial charge in [0.05, 0.1) is 0 Å². The summed E-state index contributed by atoms with van der Waals surface area (Å²) in [6, 6.07) is 0. The molecular weight excluding hydrogens is 250 g/mol. The third-order valence-electron chi connectivity index (χ3n) is 2.44. The molecule has 0 saturated carbocycles. The van der Waals surface area contributed by atoms with Gasteiger partial charge in [0.25, 0.3) is 0 Å². The van der Waals surface area contributed by atoms with Gasteiger partial charge >= 0.3 is 89.1 Å². The van der Waals surface area contributed by atoms with Gasteiger partial charge < -0.3 is 0 Å². The molecule has 0 aromatic heterocycles. The van der Waals surface area contributed by atoms with E-state index in [4.69, 9.17) is 27.9 Å². The topological polar surface area (TPSA) is 0 Å². The van der Waals surface area contributed by atoms with Crippen LogP contribution < -0.4 is 0 Å². The van der Waals surface area contributed by atoms with E-state index < -0.39 is 13.4 Å². The van der Waals surface area contributed by atoms with Gasteiger partial charge in [-0.25, -0.2) is 0 Å². The molecule has 0 aliphatic heterocycles. The van der Waals surface area contributed by atoms with Crippen molar-refractivity contribution in [2.24, 2.45) is 0 Å². The summed E-state index contributed by atoms with van der Waals surface area (Å²) in [5, 5.41) is 0. The molecule has 0 aromatic rings. The average Bonchev–Trinajstić information content (AvgIpc) is 2.15. The van der Waals surface area contributed by atoms with Crippen molar-refractivity contribution in [1.29, 1.82) is 0 Å². The summed E-state index contributed by atoms with van der Waals surface area (Å²) in [7, 11) is 18.0. The zero-order valence-electron chi connectivity index (χ0n) is 7.34. The molecule has 0 N–H and O–H groups in total. The predicted molar refractivity (Wildman–Crippen MR) is 53.3 cm³/mol. The van der Waals surface area contributed by atoms with Gasteiger partial charge in [0, 0.05) is 0 Å². The molecule has 0 bridgehead atoms. The minimum atomic E-state index is -3.10. The number of hydrogen-bond donors (Lipinski definition) is 0. The van der Waals surface area contributed by atoms with E-state index in [0.717, 1.165) is 10.3 Å². The quantitative estimate of drug-likeness (QED) is 0.604. The van der Waals surface area contributed by atoms with E-state index in [1.807, 2.05) is 6.92 Å². The average molecular weight is 261 g/mol. The zero-order valence-corrected chi connectivity index (χ0v) is 11.2. The van der Waals surface area contributed by atoms with Gasteiger partial charge in [-0.3, -0.25) is 0 Å². The predicted octanol–water partition coefficient (Wildman–Crippen LogP) is 4.62. The molecule has 4 heteroatoms. The summed E-state index contributed by atoms with van der Waals surface area (Å²) in [6.45, 7) is 6.25. The first-order valence-corrected chi connectivity index (χ1v) is 11.0. The van der Waals surface area contributed by atoms with Crippen molar-refractivity contribution in [3.05, 3.63) is 20.6 Å². The van der Waals surface area contributed by atoms with Crippen LogP contribution in [0.4, 0.5) is 0 Å². The van der Waals surface area contributed by atoms with Gasteiger partial charge in [0.1, 0.15) is 0 Å². The van der Waals surface area contributed by atoms with E-state index in [2.05, 4.69) is 13.8 Å². The first kappa shape index (κ1) is 11.1. The SMILES string of the molecule is CC1=C(C)C(C)=[C]([Ti]([Cl])([Cl])[Cl])C1. The van der Waals surface area contributed by atoms with Crippen LogP contribution in [0.3, 0.4) is 0 Å². The third-order valence-corrected chi connectivity index (χ3v) is 7.19. The second-order valence-corrected chi connectivity index (χ2v) is 15.1. The Morgan fingerprint density at radius 2 is 1.50 bits per heavy atom. The molecule has 0 aromatic carbocycles. The number of allylic oxidation sites excluding steroid dienone is 4. The fraction of sp³-hybridized carbons (Fsp3) is 0.500. The molecule has 0 nitrogen and oxygen atoms in total. The Bertz CT molecular complexity index is 271. The van der Waals surface area contributed by atoms with Crippen molar-refractivity contribution in [3.8, 4) is 0 Å². The Morgan fingerprint density at radius 1 is 1.00 bits per heavy atom. The van der Waals surface area contributed by atoms with Crippen LogP contribution in [0.15, 0.2) is 20.6 Å². The molecule has 0 radical (unpaired) electrons. The summed E-state index contributed by atoms with van der Waals surface area (Å²) in [4.78, 5) is 0. The van der Waals surface area contributed by atoms with Gasteiger partial charge in [0.2, 0.25) is 0 Å². The van der Waals surface area contributed by atoms with E-state index in [1.165, 1.54) is 16.7 Å². The van der Waals surface area contributed by atoms with Crippen molar-refractivity contribution < 1.29 is 13.4 Å². The maximum absolute atomic E-state index is 6.00. The van der Waals surface area contributed by atoms with Crippen LogP contribution >= 0.6 is 27.9 Å². The Labute approximate surface area is 88.6 Å². The van der Waals surface area contributed by atoms with Gasteiger partial charge in [0.15, 0.2) is 0 Å². The van der Waals surface area contributed by atoms with Crippen LogP contribution in [0, 0.1) is 0 Å². The molecule has 12 heavy (non-hydrogen) atoms. The molecule has 0 saturated heterocycles. The van der Waals surface area contributed by atoms with E-state index in [9.17, 15) is 0 Å². The molecular formula is C8H11Cl3Ti. The van der Waals surface area contributed by atoms with Crippen molar-refractivity contribution >= 4 is 27.9 Å². The normalized spacial score (nSPS) is 19.5. The van der Waals surface area contributed by atoms with Gasteiger partial charge in [-0.1, -0.05) is 0 Å². The fourth-order valence-electron chi connectivity index (χ4n) is 1.39. The summed E-state index contributed by atoms with van der Waals surface area (Å²) in [6.07, 6.45) is 0.883. The number of halogens is 3. The van der Waals surface area contributed by atoms with Crippen molar-refractivity contribution in [3.63, 3.8) is 0 Å². The molecule has 1 rings (SSSR count). The molecule has 0 unspecified atom stereocenters. The van der Waals surface area contributed by atoms with E-state index in [0.29, 0.717) is 0 Å². The van der Waals surface area contributed by atoms with Crippen molar-refractivity contribution in [2.75, 3.05) is 0 Å². The van der Waals surface area contributed by atoms with Gasteiger partial charge in [-0.05, 0) is 0 Å². The molecule has 1 aliphatic carbocycles. The molecule has 68 valence electrons. The van der Waals surface area contributed by atoms with Crippen LogP contribution in [0.25, 0.3) is 0 Å². The van der Waals surface area contributed by atoms with Crippen LogP contribution in [0.2, 0.25) is 0 Å². The van der Waals surface area contributed by atoms with Crippen LogP contribution in [-0.4, -0.2) is 0 Å². The Kier molecular flexibility index (Phi) is 3.41. The second kappa shape index (κ2) is 3.67. The van der Waals surface area contributed by atoms with Crippen LogP contribution in [0.5, 0.6) is 0 Å². The van der Waals surface area contributed by atoms with Gasteiger partial charge in [-0.15, -0.1) is 0 Å². The molecule has 0 atom stereocenters. The first-order chi connectivity index (χ1) is 5.34. The maximum atomic E-state index is 6.00. The van der Waals surface area contributed by atoms with Crippen LogP contribution in [-0.2, 0) is 13.4 Å². The third kappa shape index (κ3) is 2.11. The Balaban J connectivity index is 3.03. The number of hydrogen-bond acceptors (Lipinski definition) is 0. The summed E-state index contributed by atoms with van der Waals surface area (Å²) in [5.74, 6) is 0. The van der Waals surface area contributed by atoms with E-state index in [1.54, 1.807) is 0 Å². The monoisotopic (exact) mass is 260 g/mol. The molecule has 1 aliphatic rings. The molecule has 0 fully saturated rings. The zero-order chi connectivity index (χ0) is 9.52. The standard InChI is InChI=1S/C8H11.3ClH.Ti/c1-6-4-5-7(2)8(6)3;;;;/h4H2,1-3H3;3*1H;/q;;;;+3/p-3. The van der Waals surface area contributed by atoms with Crippen molar-refractivity contribution in [2.45, 2.75) is 27.2 Å². The Hall–Kier alpha value is 1.06. The van der Waals surface area contributed by atoms with Crippen LogP contribution in [0.1, 0.15) is 27.2 Å². The summed E-state index contributed by atoms with van der Waals surface area (Å²) in [5.41, 5.74) is 3.87. The summed E-state index contributed by atoms with van der Waals surface area (Å²) < 4.78 is 1.11. The van der Waals surface area contributed by atoms with E-state index in [-0.39, 0.29) is 0 Å².